The number of hydrogen-bond acceptors (Lipinski definition) is 5. The Morgan fingerprint density at radius 2 is 1.74 bits per heavy atom. The van der Waals surface area contributed by atoms with Gasteiger partial charge in [-0.1, -0.05) is 12.1 Å². The minimum absolute atomic E-state index is 0.161. The predicted molar refractivity (Wildman–Crippen MR) is 137 cm³/mol. The molecule has 0 spiro atoms. The summed E-state index contributed by atoms with van der Waals surface area (Å²) in [6, 6.07) is 11.6. The largest absolute Gasteiger partial charge is 0.322 e. The lowest BCUT2D eigenvalue weighted by Crippen LogP contribution is -2.21. The predicted octanol–water partition coefficient (Wildman–Crippen LogP) is 5.16. The molecule has 1 aromatic carbocycles. The lowest BCUT2D eigenvalue weighted by molar-refractivity contribution is 0.102. The van der Waals surface area contributed by atoms with Crippen molar-refractivity contribution in [1.82, 2.24) is 9.88 Å². The van der Waals surface area contributed by atoms with Crippen molar-refractivity contribution in [3.8, 4) is 0 Å². The molecule has 3 heterocycles. The quantitative estimate of drug-likeness (QED) is 0.496. The molecule has 1 aliphatic heterocycles. The van der Waals surface area contributed by atoms with Gasteiger partial charge in [-0.25, -0.2) is 0 Å². The highest BCUT2D eigenvalue weighted by Gasteiger charge is 2.26. The molecular weight excluding hydrogens is 444 g/mol. The summed E-state index contributed by atoms with van der Waals surface area (Å²) < 4.78 is 0. The number of amides is 2. The van der Waals surface area contributed by atoms with Crippen LogP contribution in [0.15, 0.2) is 48.8 Å². The second-order valence-corrected chi connectivity index (χ2v) is 10.2. The Morgan fingerprint density at radius 3 is 2.50 bits per heavy atom. The van der Waals surface area contributed by atoms with Gasteiger partial charge in [0.2, 0.25) is 0 Å². The first-order valence-electron chi connectivity index (χ1n) is 12.2. The third-order valence-corrected chi connectivity index (χ3v) is 7.88. The van der Waals surface area contributed by atoms with Gasteiger partial charge < -0.3 is 15.5 Å². The monoisotopic (exact) mass is 474 g/mol. The first-order valence-corrected chi connectivity index (χ1v) is 13.0. The highest BCUT2D eigenvalue weighted by atomic mass is 32.1. The first kappa shape index (κ1) is 22.7. The van der Waals surface area contributed by atoms with Gasteiger partial charge in [-0.15, -0.1) is 11.3 Å². The van der Waals surface area contributed by atoms with Crippen LogP contribution >= 0.6 is 11.3 Å². The molecule has 2 aliphatic rings. The third kappa shape index (κ3) is 5.21. The molecule has 34 heavy (non-hydrogen) atoms. The maximum atomic E-state index is 13.4. The van der Waals surface area contributed by atoms with E-state index in [1.165, 1.54) is 53.9 Å². The number of aromatic nitrogens is 1. The molecule has 2 amide bonds. The number of carbonyl (C=O) groups excluding carboxylic acids is 2. The van der Waals surface area contributed by atoms with Crippen LogP contribution in [0.3, 0.4) is 0 Å². The van der Waals surface area contributed by atoms with Crippen molar-refractivity contribution in [2.24, 2.45) is 0 Å². The van der Waals surface area contributed by atoms with E-state index in [2.05, 4.69) is 32.7 Å². The molecule has 0 bridgehead atoms. The number of carbonyl (C=O) groups is 2. The summed E-state index contributed by atoms with van der Waals surface area (Å²) in [6.07, 6.45) is 10.8. The van der Waals surface area contributed by atoms with E-state index in [1.54, 1.807) is 18.3 Å². The van der Waals surface area contributed by atoms with Crippen molar-refractivity contribution >= 4 is 33.8 Å². The van der Waals surface area contributed by atoms with Crippen molar-refractivity contribution in [1.29, 1.82) is 0 Å². The second-order valence-electron chi connectivity index (χ2n) is 9.06. The summed E-state index contributed by atoms with van der Waals surface area (Å²) in [7, 11) is 0. The number of likely N-dealkylation sites (tertiary alicyclic amines) is 1. The summed E-state index contributed by atoms with van der Waals surface area (Å²) in [6.45, 7) is 3.50. The molecule has 0 saturated carbocycles. The van der Waals surface area contributed by atoms with E-state index in [0.717, 1.165) is 49.9 Å². The molecule has 1 saturated heterocycles. The SMILES string of the molecule is O=C(Nc1sc2c(c1C(=O)Nc1ccc(CCN3CCCC3)cc1)CCCC2)c1cccnc1. The summed E-state index contributed by atoms with van der Waals surface area (Å²) in [5, 5.41) is 6.67. The van der Waals surface area contributed by atoms with E-state index < -0.39 is 0 Å². The highest BCUT2D eigenvalue weighted by Crippen LogP contribution is 2.38. The standard InChI is InChI=1S/C27H30N4O2S/c32-25(20-6-5-14-28-18-20)30-27-24(22-7-1-2-8-23(22)34-27)26(33)29-21-11-9-19(10-12-21)13-17-31-15-3-4-16-31/h5-6,9-12,14,18H,1-4,7-8,13,15-17H2,(H,29,33)(H,30,32). The molecule has 0 unspecified atom stereocenters. The molecule has 0 atom stereocenters. The summed E-state index contributed by atoms with van der Waals surface area (Å²) in [5.74, 6) is -0.409. The lowest BCUT2D eigenvalue weighted by Gasteiger charge is -2.15. The zero-order valence-corrected chi connectivity index (χ0v) is 20.1. The van der Waals surface area contributed by atoms with Crippen LogP contribution in [0.1, 0.15) is 62.4 Å². The fraction of sp³-hybridized carbons (Fsp3) is 0.370. The van der Waals surface area contributed by atoms with E-state index in [9.17, 15) is 9.59 Å². The fourth-order valence-electron chi connectivity index (χ4n) is 4.81. The Labute approximate surface area is 204 Å². The molecule has 6 nitrogen and oxygen atoms in total. The van der Waals surface area contributed by atoms with Crippen LogP contribution in [0.25, 0.3) is 0 Å². The average molecular weight is 475 g/mol. The Balaban J connectivity index is 1.30. The van der Waals surface area contributed by atoms with Gasteiger partial charge >= 0.3 is 0 Å². The Bertz CT molecular complexity index is 1150. The number of thiophene rings is 1. The van der Waals surface area contributed by atoms with Crippen LogP contribution in [0.2, 0.25) is 0 Å². The van der Waals surface area contributed by atoms with Crippen LogP contribution in [0, 0.1) is 0 Å². The van der Waals surface area contributed by atoms with Crippen LogP contribution in [0.4, 0.5) is 10.7 Å². The van der Waals surface area contributed by atoms with E-state index in [0.29, 0.717) is 16.1 Å². The molecule has 5 rings (SSSR count). The van der Waals surface area contributed by atoms with Crippen LogP contribution in [-0.2, 0) is 19.3 Å². The van der Waals surface area contributed by atoms with Crippen LogP contribution < -0.4 is 10.6 Å². The molecule has 0 radical (unpaired) electrons. The van der Waals surface area contributed by atoms with Crippen molar-refractivity contribution < 1.29 is 9.59 Å². The number of hydrogen-bond donors (Lipinski definition) is 2. The Kier molecular flexibility index (Phi) is 7.02. The molecule has 3 aromatic rings. The Morgan fingerprint density at radius 1 is 0.941 bits per heavy atom. The third-order valence-electron chi connectivity index (χ3n) is 6.68. The first-order chi connectivity index (χ1) is 16.7. The number of anilines is 2. The highest BCUT2D eigenvalue weighted by molar-refractivity contribution is 7.17. The Hall–Kier alpha value is -3.03. The van der Waals surface area contributed by atoms with Gasteiger partial charge in [0, 0.05) is 29.5 Å². The van der Waals surface area contributed by atoms with E-state index >= 15 is 0 Å². The maximum Gasteiger partial charge on any atom is 0.258 e. The van der Waals surface area contributed by atoms with Crippen LogP contribution in [-0.4, -0.2) is 41.3 Å². The summed E-state index contributed by atoms with van der Waals surface area (Å²) >= 11 is 1.53. The van der Waals surface area contributed by atoms with Gasteiger partial charge in [0.1, 0.15) is 5.00 Å². The second kappa shape index (κ2) is 10.5. The number of fused-ring (bicyclic) bond motifs is 1. The number of benzene rings is 1. The van der Waals surface area contributed by atoms with Crippen molar-refractivity contribution in [2.45, 2.75) is 44.9 Å². The summed E-state index contributed by atoms with van der Waals surface area (Å²) in [4.78, 5) is 33.9. The number of rotatable bonds is 7. The van der Waals surface area contributed by atoms with Crippen molar-refractivity contribution in [2.75, 3.05) is 30.3 Å². The number of pyridine rings is 1. The van der Waals surface area contributed by atoms with Crippen molar-refractivity contribution in [3.63, 3.8) is 0 Å². The maximum absolute atomic E-state index is 13.4. The fourth-order valence-corrected chi connectivity index (χ4v) is 6.09. The molecular formula is C27H30N4O2S. The van der Waals surface area contributed by atoms with Gasteiger partial charge in [0.25, 0.3) is 11.8 Å². The van der Waals surface area contributed by atoms with E-state index in [-0.39, 0.29) is 11.8 Å². The van der Waals surface area contributed by atoms with Gasteiger partial charge in [-0.3, -0.25) is 14.6 Å². The van der Waals surface area contributed by atoms with E-state index in [4.69, 9.17) is 0 Å². The molecule has 7 heteroatoms. The minimum Gasteiger partial charge on any atom is -0.322 e. The zero-order chi connectivity index (χ0) is 23.3. The van der Waals surface area contributed by atoms with Gasteiger partial charge in [0.15, 0.2) is 0 Å². The van der Waals surface area contributed by atoms with Gasteiger partial charge in [0.05, 0.1) is 11.1 Å². The lowest BCUT2D eigenvalue weighted by atomic mass is 9.95. The van der Waals surface area contributed by atoms with E-state index in [1.807, 2.05) is 12.1 Å². The average Bonchev–Trinajstić information content (AvgIpc) is 3.51. The molecule has 1 aliphatic carbocycles. The van der Waals surface area contributed by atoms with Crippen LogP contribution in [0.5, 0.6) is 0 Å². The molecule has 1 fully saturated rings. The normalized spacial score (nSPS) is 15.6. The van der Waals surface area contributed by atoms with Gasteiger partial charge in [-0.05, 0) is 93.4 Å². The number of nitrogens with zero attached hydrogens (tertiary/aromatic N) is 2. The van der Waals surface area contributed by atoms with Crippen molar-refractivity contribution in [3.05, 3.63) is 75.9 Å². The summed E-state index contributed by atoms with van der Waals surface area (Å²) in [5.41, 5.74) is 4.22. The molecule has 2 aromatic heterocycles. The zero-order valence-electron chi connectivity index (χ0n) is 19.3. The number of nitrogens with one attached hydrogen (secondary N) is 2. The smallest absolute Gasteiger partial charge is 0.258 e. The van der Waals surface area contributed by atoms with Gasteiger partial charge in [-0.2, -0.15) is 0 Å². The molecule has 2 N–H and O–H groups in total. The number of aryl methyl sites for hydroxylation is 1. The topological polar surface area (TPSA) is 74.3 Å². The minimum atomic E-state index is -0.247. The molecule has 176 valence electrons.